The molecule has 28 heavy (non-hydrogen) atoms. The van der Waals surface area contributed by atoms with Crippen LogP contribution in [0, 0.1) is 11.2 Å². The van der Waals surface area contributed by atoms with Gasteiger partial charge in [-0.25, -0.2) is 19.0 Å². The maximum absolute atomic E-state index is 14.0. The van der Waals surface area contributed by atoms with Gasteiger partial charge in [-0.15, -0.1) is 0 Å². The van der Waals surface area contributed by atoms with Gasteiger partial charge in [0.05, 0.1) is 6.20 Å². The van der Waals surface area contributed by atoms with Gasteiger partial charge in [0.2, 0.25) is 5.95 Å². The number of piperazine rings is 1. The summed E-state index contributed by atoms with van der Waals surface area (Å²) in [7, 11) is 1.40. The zero-order chi connectivity index (χ0) is 21.1. The average Bonchev–Trinajstić information content (AvgIpc) is 2.61. The Morgan fingerprint density at radius 1 is 1.29 bits per heavy atom. The second-order valence-corrected chi connectivity index (χ2v) is 7.40. The minimum Gasteiger partial charge on any atom is -0.444 e. The summed E-state index contributed by atoms with van der Waals surface area (Å²) in [4.78, 5) is 36.6. The molecule has 2 N–H and O–H groups in total. The van der Waals surface area contributed by atoms with Crippen LogP contribution in [-0.4, -0.2) is 76.6 Å². The van der Waals surface area contributed by atoms with E-state index in [1.165, 1.54) is 14.0 Å². The Morgan fingerprint density at radius 2 is 1.89 bits per heavy atom. The van der Waals surface area contributed by atoms with Gasteiger partial charge in [0, 0.05) is 33.2 Å². The van der Waals surface area contributed by atoms with Crippen molar-refractivity contribution in [1.29, 1.82) is 5.41 Å². The minimum absolute atomic E-state index is 0.00505. The summed E-state index contributed by atoms with van der Waals surface area (Å²) in [6.07, 6.45) is 0.598. The summed E-state index contributed by atoms with van der Waals surface area (Å²) in [5.41, 5.74) is -0.566. The summed E-state index contributed by atoms with van der Waals surface area (Å²) in [6, 6.07) is -0.675. The van der Waals surface area contributed by atoms with E-state index in [0.29, 0.717) is 26.2 Å². The van der Waals surface area contributed by atoms with Gasteiger partial charge in [-0.05, 0) is 27.7 Å². The van der Waals surface area contributed by atoms with Crippen molar-refractivity contribution in [3.05, 3.63) is 12.0 Å². The van der Waals surface area contributed by atoms with E-state index in [9.17, 15) is 14.0 Å². The van der Waals surface area contributed by atoms with Crippen molar-refractivity contribution in [2.24, 2.45) is 0 Å². The van der Waals surface area contributed by atoms with Crippen LogP contribution < -0.4 is 10.2 Å². The van der Waals surface area contributed by atoms with E-state index in [0.717, 1.165) is 11.1 Å². The first-order valence-corrected chi connectivity index (χ1v) is 8.83. The van der Waals surface area contributed by atoms with Gasteiger partial charge >= 0.3 is 12.1 Å². The Kier molecular flexibility index (Phi) is 6.37. The largest absolute Gasteiger partial charge is 0.444 e. The number of carbonyl (C=O) groups excluding carboxylic acids is 2. The fraction of sp³-hybridized carbons (Fsp3) is 0.588. The Hall–Kier alpha value is -2.98. The fourth-order valence-corrected chi connectivity index (χ4v) is 2.35. The molecule has 0 radical (unpaired) electrons. The Balaban J connectivity index is 2.03. The van der Waals surface area contributed by atoms with Gasteiger partial charge in [-0.3, -0.25) is 15.6 Å². The number of nitrogens with zero attached hydrogens (tertiary/aromatic N) is 5. The maximum Gasteiger partial charge on any atom is 0.410 e. The van der Waals surface area contributed by atoms with Crippen LogP contribution in [0.5, 0.6) is 0 Å². The minimum atomic E-state index is -0.777. The Morgan fingerprint density at radius 3 is 2.43 bits per heavy atom. The van der Waals surface area contributed by atoms with Crippen LogP contribution in [0.2, 0.25) is 0 Å². The molecule has 1 aliphatic heterocycles. The van der Waals surface area contributed by atoms with Crippen LogP contribution in [0.4, 0.5) is 25.7 Å². The molecular formula is C17H26FN7O3. The monoisotopic (exact) mass is 395 g/mol. The van der Waals surface area contributed by atoms with E-state index in [4.69, 9.17) is 10.1 Å². The van der Waals surface area contributed by atoms with Crippen molar-refractivity contribution in [1.82, 2.24) is 19.8 Å². The van der Waals surface area contributed by atoms with Crippen molar-refractivity contribution >= 4 is 29.7 Å². The molecule has 0 atom stereocenters. The summed E-state index contributed by atoms with van der Waals surface area (Å²) in [5, 5.41) is 9.78. The lowest BCUT2D eigenvalue weighted by Crippen LogP contribution is -2.50. The van der Waals surface area contributed by atoms with Gasteiger partial charge in [-0.1, -0.05) is 0 Å². The van der Waals surface area contributed by atoms with Gasteiger partial charge in [0.1, 0.15) is 11.4 Å². The number of nitrogens with one attached hydrogen (secondary N) is 2. The zero-order valence-electron chi connectivity index (χ0n) is 16.7. The number of aromatic nitrogens is 2. The second-order valence-electron chi connectivity index (χ2n) is 7.40. The molecule has 0 bridgehead atoms. The van der Waals surface area contributed by atoms with E-state index in [2.05, 4.69) is 15.3 Å². The molecule has 3 amide bonds. The number of urea groups is 1. The molecule has 2 rings (SSSR count). The molecule has 0 spiro atoms. The maximum atomic E-state index is 14.0. The van der Waals surface area contributed by atoms with Gasteiger partial charge in [0.25, 0.3) is 0 Å². The topological polar surface area (TPSA) is 115 Å². The van der Waals surface area contributed by atoms with E-state index >= 15 is 0 Å². The lowest BCUT2D eigenvalue weighted by molar-refractivity contribution is 0.0240. The van der Waals surface area contributed by atoms with E-state index in [1.54, 1.807) is 30.6 Å². The molecule has 0 unspecified atom stereocenters. The van der Waals surface area contributed by atoms with Gasteiger partial charge < -0.3 is 14.5 Å². The SMILES string of the molecule is CC(=N)N(C)C(=O)Nc1nc(N2CCN(C(=O)OC(C)(C)C)CC2)ncc1F. The molecule has 1 saturated heterocycles. The zero-order valence-corrected chi connectivity index (χ0v) is 16.7. The quantitative estimate of drug-likeness (QED) is 0.586. The summed E-state index contributed by atoms with van der Waals surface area (Å²) in [5.74, 6) is -0.793. The van der Waals surface area contributed by atoms with Crippen LogP contribution in [0.3, 0.4) is 0 Å². The van der Waals surface area contributed by atoms with Crippen LogP contribution in [-0.2, 0) is 4.74 Å². The van der Waals surface area contributed by atoms with Crippen molar-refractivity contribution in [2.45, 2.75) is 33.3 Å². The Labute approximate surface area is 163 Å². The molecule has 0 aliphatic carbocycles. The lowest BCUT2D eigenvalue weighted by Gasteiger charge is -2.35. The van der Waals surface area contributed by atoms with Crippen LogP contribution >= 0.6 is 0 Å². The number of hydrogen-bond acceptors (Lipinski definition) is 7. The molecule has 1 aromatic heterocycles. The molecule has 154 valence electrons. The number of amides is 3. The molecule has 0 aromatic carbocycles. The third-order valence-electron chi connectivity index (χ3n) is 3.98. The molecule has 1 aromatic rings. The van der Waals surface area contributed by atoms with Crippen LogP contribution in [0.15, 0.2) is 6.20 Å². The molecular weight excluding hydrogens is 369 g/mol. The molecule has 1 fully saturated rings. The van der Waals surface area contributed by atoms with E-state index < -0.39 is 17.4 Å². The molecule has 10 nitrogen and oxygen atoms in total. The number of rotatable bonds is 2. The highest BCUT2D eigenvalue weighted by molar-refractivity contribution is 6.00. The predicted molar refractivity (Wildman–Crippen MR) is 102 cm³/mol. The Bertz CT molecular complexity index is 758. The van der Waals surface area contributed by atoms with Crippen molar-refractivity contribution in [2.75, 3.05) is 43.4 Å². The number of ether oxygens (including phenoxy) is 1. The van der Waals surface area contributed by atoms with Crippen molar-refractivity contribution < 1.29 is 18.7 Å². The highest BCUT2D eigenvalue weighted by Gasteiger charge is 2.27. The molecule has 2 heterocycles. The third-order valence-corrected chi connectivity index (χ3v) is 3.98. The van der Waals surface area contributed by atoms with Crippen molar-refractivity contribution in [3.63, 3.8) is 0 Å². The standard InChI is InChI=1S/C17H26FN7O3/c1-11(19)23(5)15(26)22-13-12(18)10-20-14(21-13)24-6-8-25(9-7-24)16(27)28-17(2,3)4/h10,19H,6-9H2,1-5H3,(H,20,21,22,26). The number of carbonyl (C=O) groups is 2. The third kappa shape index (κ3) is 5.51. The highest BCUT2D eigenvalue weighted by Crippen LogP contribution is 2.18. The fourth-order valence-electron chi connectivity index (χ4n) is 2.35. The van der Waals surface area contributed by atoms with E-state index in [-0.39, 0.29) is 23.7 Å². The van der Waals surface area contributed by atoms with Crippen molar-refractivity contribution in [3.8, 4) is 0 Å². The summed E-state index contributed by atoms with van der Waals surface area (Å²) < 4.78 is 19.3. The molecule has 11 heteroatoms. The number of hydrogen-bond donors (Lipinski definition) is 2. The number of amidine groups is 1. The smallest absolute Gasteiger partial charge is 0.410 e. The second kappa shape index (κ2) is 8.36. The first-order chi connectivity index (χ1) is 13.0. The van der Waals surface area contributed by atoms with Gasteiger partial charge in [0.15, 0.2) is 11.6 Å². The van der Waals surface area contributed by atoms with Crippen LogP contribution in [0.1, 0.15) is 27.7 Å². The first-order valence-electron chi connectivity index (χ1n) is 8.83. The highest BCUT2D eigenvalue weighted by atomic mass is 19.1. The number of anilines is 2. The van der Waals surface area contributed by atoms with Crippen LogP contribution in [0.25, 0.3) is 0 Å². The summed E-state index contributed by atoms with van der Waals surface area (Å²) >= 11 is 0. The number of halogens is 1. The van der Waals surface area contributed by atoms with Gasteiger partial charge in [-0.2, -0.15) is 4.98 Å². The average molecular weight is 395 g/mol. The first kappa shape index (κ1) is 21.3. The predicted octanol–water partition coefficient (Wildman–Crippen LogP) is 2.13. The van der Waals surface area contributed by atoms with E-state index in [1.807, 2.05) is 0 Å². The normalized spacial score (nSPS) is 14.5. The molecule has 1 aliphatic rings. The molecule has 0 saturated carbocycles. The lowest BCUT2D eigenvalue weighted by atomic mass is 10.2. The summed E-state index contributed by atoms with van der Waals surface area (Å²) in [6.45, 7) is 8.56.